The summed E-state index contributed by atoms with van der Waals surface area (Å²) >= 11 is 0. The number of ether oxygens (including phenoxy) is 1. The molecule has 1 amide bonds. The summed E-state index contributed by atoms with van der Waals surface area (Å²) in [5, 5.41) is 2.97. The van der Waals surface area contributed by atoms with Gasteiger partial charge in [0, 0.05) is 30.8 Å². The Balaban J connectivity index is 1.32. The smallest absolute Gasteiger partial charge is 0.327 e. The van der Waals surface area contributed by atoms with E-state index in [4.69, 9.17) is 4.74 Å². The Morgan fingerprint density at radius 3 is 2.93 bits per heavy atom. The van der Waals surface area contributed by atoms with Gasteiger partial charge in [-0.1, -0.05) is 30.3 Å². The maximum absolute atomic E-state index is 12.7. The minimum absolute atomic E-state index is 0.0592. The number of carbonyl (C=O) groups excluding carboxylic acids is 1. The average Bonchev–Trinajstić information content (AvgIpc) is 3.32. The molecule has 1 atom stereocenters. The van der Waals surface area contributed by atoms with Gasteiger partial charge in [0.2, 0.25) is 0 Å². The number of nitrogens with one attached hydrogen (secondary N) is 2. The van der Waals surface area contributed by atoms with Gasteiger partial charge in [-0.05, 0) is 35.4 Å². The highest BCUT2D eigenvalue weighted by molar-refractivity contribution is 5.95. The van der Waals surface area contributed by atoms with E-state index in [1.807, 2.05) is 48.5 Å². The van der Waals surface area contributed by atoms with Crippen LogP contribution in [0.4, 0.5) is 0 Å². The number of nitrogens with zero attached hydrogens (tertiary/aromatic N) is 2. The van der Waals surface area contributed by atoms with Gasteiger partial charge in [-0.25, -0.2) is 9.78 Å². The molecule has 150 valence electrons. The van der Waals surface area contributed by atoms with Gasteiger partial charge in [0.25, 0.3) is 5.91 Å². The van der Waals surface area contributed by atoms with Gasteiger partial charge in [-0.15, -0.1) is 0 Å². The topological polar surface area (TPSA) is 89.0 Å². The highest BCUT2D eigenvalue weighted by Crippen LogP contribution is 2.28. The zero-order valence-corrected chi connectivity index (χ0v) is 16.4. The quantitative estimate of drug-likeness (QED) is 0.551. The molecule has 30 heavy (non-hydrogen) atoms. The number of carbonyl (C=O) groups is 1. The molecule has 1 unspecified atom stereocenters. The lowest BCUT2D eigenvalue weighted by atomic mass is 10.0. The molecule has 7 nitrogen and oxygen atoms in total. The second-order valence-corrected chi connectivity index (χ2v) is 7.42. The Morgan fingerprint density at radius 1 is 1.20 bits per heavy atom. The number of imidazole rings is 1. The summed E-state index contributed by atoms with van der Waals surface area (Å²) in [5.74, 6) is 0.736. The molecule has 1 aliphatic heterocycles. The number of benzene rings is 2. The molecule has 2 aromatic carbocycles. The Bertz CT molecular complexity index is 1300. The molecule has 4 aromatic rings. The molecule has 0 spiro atoms. The van der Waals surface area contributed by atoms with E-state index in [1.54, 1.807) is 19.3 Å². The van der Waals surface area contributed by atoms with Gasteiger partial charge in [0.05, 0.1) is 12.1 Å². The fourth-order valence-electron chi connectivity index (χ4n) is 3.77. The first-order chi connectivity index (χ1) is 14.6. The van der Waals surface area contributed by atoms with E-state index in [9.17, 15) is 9.59 Å². The van der Waals surface area contributed by atoms with E-state index in [-0.39, 0.29) is 17.7 Å². The SMILES string of the molecule is Cn1c(=O)[nH]c2ncc(-c3cccc(C(=O)NCC4Cc5ccccc5O4)c3)cc21. The molecule has 3 heterocycles. The van der Waals surface area contributed by atoms with Crippen molar-refractivity contribution in [2.24, 2.45) is 7.05 Å². The number of hydrogen-bond acceptors (Lipinski definition) is 4. The number of fused-ring (bicyclic) bond motifs is 2. The van der Waals surface area contributed by atoms with Crippen molar-refractivity contribution in [3.05, 3.63) is 82.4 Å². The van der Waals surface area contributed by atoms with Crippen LogP contribution >= 0.6 is 0 Å². The summed E-state index contributed by atoms with van der Waals surface area (Å²) in [7, 11) is 1.69. The molecule has 0 saturated carbocycles. The Hall–Kier alpha value is -3.87. The first kappa shape index (κ1) is 18.2. The number of aromatic amines is 1. The molecule has 0 saturated heterocycles. The predicted octanol–water partition coefficient (Wildman–Crippen LogP) is 2.66. The minimum atomic E-state index is -0.209. The van der Waals surface area contributed by atoms with Crippen molar-refractivity contribution in [2.75, 3.05) is 6.54 Å². The average molecular weight is 400 g/mol. The number of para-hydroxylation sites is 1. The van der Waals surface area contributed by atoms with Crippen LogP contribution < -0.4 is 15.7 Å². The number of hydrogen-bond donors (Lipinski definition) is 2. The summed E-state index contributed by atoms with van der Waals surface area (Å²) < 4.78 is 7.40. The minimum Gasteiger partial charge on any atom is -0.488 e. The largest absolute Gasteiger partial charge is 0.488 e. The van der Waals surface area contributed by atoms with Crippen LogP contribution in [0.2, 0.25) is 0 Å². The van der Waals surface area contributed by atoms with Crippen molar-refractivity contribution >= 4 is 17.1 Å². The van der Waals surface area contributed by atoms with Crippen LogP contribution in [0, 0.1) is 0 Å². The Morgan fingerprint density at radius 2 is 2.07 bits per heavy atom. The third-order valence-corrected chi connectivity index (χ3v) is 5.42. The van der Waals surface area contributed by atoms with Crippen LogP contribution in [-0.2, 0) is 13.5 Å². The molecule has 1 aliphatic rings. The Labute approximate surface area is 172 Å². The highest BCUT2D eigenvalue weighted by Gasteiger charge is 2.22. The highest BCUT2D eigenvalue weighted by atomic mass is 16.5. The number of H-pyrrole nitrogens is 1. The molecular formula is C23H20N4O3. The molecule has 0 fully saturated rings. The van der Waals surface area contributed by atoms with Crippen LogP contribution in [0.1, 0.15) is 15.9 Å². The third kappa shape index (κ3) is 3.24. The molecule has 0 radical (unpaired) electrons. The van der Waals surface area contributed by atoms with E-state index in [0.717, 1.165) is 23.3 Å². The lowest BCUT2D eigenvalue weighted by molar-refractivity contribution is 0.0933. The summed E-state index contributed by atoms with van der Waals surface area (Å²) in [6, 6.07) is 17.2. The summed E-state index contributed by atoms with van der Waals surface area (Å²) in [6.07, 6.45) is 2.42. The van der Waals surface area contributed by atoms with E-state index in [2.05, 4.69) is 15.3 Å². The van der Waals surface area contributed by atoms with Crippen LogP contribution in [0.25, 0.3) is 22.3 Å². The number of rotatable bonds is 4. The van der Waals surface area contributed by atoms with E-state index >= 15 is 0 Å². The zero-order chi connectivity index (χ0) is 20.7. The van der Waals surface area contributed by atoms with Crippen molar-refractivity contribution in [1.82, 2.24) is 19.9 Å². The lowest BCUT2D eigenvalue weighted by Crippen LogP contribution is -2.34. The van der Waals surface area contributed by atoms with Gasteiger partial charge in [-0.3, -0.25) is 14.3 Å². The number of pyridine rings is 1. The third-order valence-electron chi connectivity index (χ3n) is 5.42. The number of amides is 1. The first-order valence-electron chi connectivity index (χ1n) is 9.76. The maximum Gasteiger partial charge on any atom is 0.327 e. The molecule has 2 aromatic heterocycles. The van der Waals surface area contributed by atoms with E-state index < -0.39 is 0 Å². The maximum atomic E-state index is 12.7. The normalized spacial score (nSPS) is 15.0. The predicted molar refractivity (Wildman–Crippen MR) is 114 cm³/mol. The standard InChI is InChI=1S/C23H20N4O3/c1-27-19-11-17(12-24-21(19)26-23(27)29)14-6-4-7-16(9-14)22(28)25-13-18-10-15-5-2-3-8-20(15)30-18/h2-9,11-12,18H,10,13H2,1H3,(H,25,28)(H,24,26,29). The van der Waals surface area contributed by atoms with Gasteiger partial charge < -0.3 is 10.1 Å². The second kappa shape index (κ2) is 7.18. The first-order valence-corrected chi connectivity index (χ1v) is 9.76. The van der Waals surface area contributed by atoms with Crippen LogP contribution in [0.3, 0.4) is 0 Å². The summed E-state index contributed by atoms with van der Waals surface area (Å²) in [6.45, 7) is 0.441. The zero-order valence-electron chi connectivity index (χ0n) is 16.4. The van der Waals surface area contributed by atoms with Crippen molar-refractivity contribution < 1.29 is 9.53 Å². The molecule has 0 bridgehead atoms. The van der Waals surface area contributed by atoms with Gasteiger partial charge in [0.15, 0.2) is 5.65 Å². The molecule has 2 N–H and O–H groups in total. The van der Waals surface area contributed by atoms with Crippen molar-refractivity contribution in [1.29, 1.82) is 0 Å². The van der Waals surface area contributed by atoms with Crippen LogP contribution in [0.15, 0.2) is 65.6 Å². The second-order valence-electron chi connectivity index (χ2n) is 7.42. The summed E-state index contributed by atoms with van der Waals surface area (Å²) in [4.78, 5) is 31.5. The molecular weight excluding hydrogens is 380 g/mol. The fraction of sp³-hybridized carbons (Fsp3) is 0.174. The molecule has 0 aliphatic carbocycles. The summed E-state index contributed by atoms with van der Waals surface area (Å²) in [5.41, 5.74) is 4.46. The Kier molecular flexibility index (Phi) is 4.35. The van der Waals surface area contributed by atoms with Crippen molar-refractivity contribution in [3.63, 3.8) is 0 Å². The van der Waals surface area contributed by atoms with Crippen LogP contribution in [0.5, 0.6) is 5.75 Å². The fourth-order valence-corrected chi connectivity index (χ4v) is 3.77. The van der Waals surface area contributed by atoms with Crippen molar-refractivity contribution in [3.8, 4) is 16.9 Å². The van der Waals surface area contributed by atoms with Crippen LogP contribution in [-0.4, -0.2) is 33.1 Å². The van der Waals surface area contributed by atoms with Gasteiger partial charge in [0.1, 0.15) is 11.9 Å². The van der Waals surface area contributed by atoms with Gasteiger partial charge >= 0.3 is 5.69 Å². The van der Waals surface area contributed by atoms with Gasteiger partial charge in [-0.2, -0.15) is 0 Å². The van der Waals surface area contributed by atoms with E-state index in [1.165, 1.54) is 10.1 Å². The lowest BCUT2D eigenvalue weighted by Gasteiger charge is -2.12. The number of aromatic nitrogens is 3. The number of aryl methyl sites for hydroxylation is 1. The molecule has 7 heteroatoms. The molecule has 5 rings (SSSR count). The van der Waals surface area contributed by atoms with Crippen molar-refractivity contribution in [2.45, 2.75) is 12.5 Å². The monoisotopic (exact) mass is 400 g/mol. The van der Waals surface area contributed by atoms with E-state index in [0.29, 0.717) is 23.3 Å².